The van der Waals surface area contributed by atoms with Gasteiger partial charge in [-0.3, -0.25) is 29.6 Å². The number of hydrogen-bond acceptors (Lipinski definition) is 16. The molecule has 0 radical (unpaired) electrons. The minimum atomic E-state index is -1.37. The third-order valence-electron chi connectivity index (χ3n) is 13.7. The van der Waals surface area contributed by atoms with Crippen molar-refractivity contribution in [2.75, 3.05) is 60.4 Å². The minimum Gasteiger partial charge on any atom is -0.469 e. The summed E-state index contributed by atoms with van der Waals surface area (Å²) in [6.45, 7) is 20.7. The van der Waals surface area contributed by atoms with E-state index in [0.717, 1.165) is 22.4 Å². The van der Waals surface area contributed by atoms with Crippen molar-refractivity contribution in [2.45, 2.75) is 138 Å². The van der Waals surface area contributed by atoms with Crippen LogP contribution < -0.4 is 21.4 Å². The van der Waals surface area contributed by atoms with Crippen LogP contribution in [-0.4, -0.2) is 142 Å². The Morgan fingerprint density at radius 1 is 0.600 bits per heavy atom. The number of ether oxygens (including phenoxy) is 7. The van der Waals surface area contributed by atoms with E-state index in [1.807, 2.05) is 120 Å². The van der Waals surface area contributed by atoms with Crippen molar-refractivity contribution in [2.24, 2.45) is 28.6 Å². The van der Waals surface area contributed by atoms with Gasteiger partial charge >= 0.3 is 24.1 Å². The number of ketones is 1. The molecule has 85 heavy (non-hydrogen) atoms. The summed E-state index contributed by atoms with van der Waals surface area (Å²) in [4.78, 5) is 104. The lowest BCUT2D eigenvalue weighted by Crippen LogP contribution is -2.56. The number of rotatable bonds is 33. The van der Waals surface area contributed by atoms with Gasteiger partial charge in [-0.2, -0.15) is 0 Å². The lowest BCUT2D eigenvalue weighted by Gasteiger charge is -2.37. The Kier molecular flexibility index (Phi) is 28.6. The lowest BCUT2D eigenvalue weighted by molar-refractivity contribution is -0.159. The van der Waals surface area contributed by atoms with Gasteiger partial charge in [0, 0.05) is 44.2 Å². The molecule has 0 bridgehead atoms. The van der Waals surface area contributed by atoms with Crippen molar-refractivity contribution in [3.05, 3.63) is 126 Å². The summed E-state index contributed by atoms with van der Waals surface area (Å²) in [5, 5.41) is 9.95. The fourth-order valence-corrected chi connectivity index (χ4v) is 9.19. The van der Waals surface area contributed by atoms with Crippen LogP contribution in [-0.2, 0) is 76.5 Å². The highest BCUT2D eigenvalue weighted by molar-refractivity contribution is 5.91. The van der Waals surface area contributed by atoms with Gasteiger partial charge in [-0.05, 0) is 72.8 Å². The van der Waals surface area contributed by atoms with Crippen LogP contribution >= 0.6 is 0 Å². The van der Waals surface area contributed by atoms with Crippen LogP contribution in [0.1, 0.15) is 106 Å². The Hall–Kier alpha value is -7.26. The normalized spacial score (nSPS) is 14.0. The first-order chi connectivity index (χ1) is 40.2. The SMILES string of the molecule is COCCOCCOCCOC(=O)N[C@H](C(=O)C[C@@H](Cc1ccccc1)[C@H](CN(Cc1ccc(-c2ccccn2)cc1)NC(=O)[C@@H](CC(=O)OC)C(C)(C)C)OC(=O)[C@H](Cc1ccccc1)NC(=O)[C@@H](NC(=O)OC(C)(C)C)C(C)C)C(C)(C)C. The Balaban J connectivity index is 1.88. The van der Waals surface area contributed by atoms with E-state index in [0.29, 0.717) is 25.4 Å². The average molecular weight is 1180 g/mol. The number of esters is 2. The molecule has 1 aromatic heterocycles. The molecule has 20 nitrogen and oxygen atoms in total. The molecular formula is C65H92N6O14. The zero-order valence-electron chi connectivity index (χ0n) is 52.0. The molecule has 1 heterocycles. The number of amides is 4. The number of hydrazine groups is 1. The van der Waals surface area contributed by atoms with E-state index in [-0.39, 0.29) is 58.6 Å². The maximum atomic E-state index is 15.4. The molecule has 466 valence electrons. The van der Waals surface area contributed by atoms with Gasteiger partial charge < -0.3 is 49.1 Å². The summed E-state index contributed by atoms with van der Waals surface area (Å²) in [6, 6.07) is 27.8. The van der Waals surface area contributed by atoms with Crippen LogP contribution in [0, 0.1) is 28.6 Å². The molecule has 0 aliphatic heterocycles. The molecule has 0 unspecified atom stereocenters. The second-order valence-electron chi connectivity index (χ2n) is 24.5. The maximum Gasteiger partial charge on any atom is 0.408 e. The summed E-state index contributed by atoms with van der Waals surface area (Å²) in [5.41, 5.74) is 4.35. The van der Waals surface area contributed by atoms with E-state index in [4.69, 9.17) is 33.2 Å². The number of Topliss-reactive ketones (excluding diaryl/α,β-unsaturated/α-hetero) is 1. The number of pyridine rings is 1. The second kappa shape index (κ2) is 34.6. The van der Waals surface area contributed by atoms with Crippen molar-refractivity contribution < 1.29 is 66.7 Å². The summed E-state index contributed by atoms with van der Waals surface area (Å²) in [7, 11) is 2.83. The average Bonchev–Trinajstić information content (AvgIpc) is 3.07. The number of nitrogens with zero attached hydrogens (tertiary/aromatic N) is 2. The number of benzene rings is 3. The third kappa shape index (κ3) is 25.9. The first-order valence-electron chi connectivity index (χ1n) is 29.0. The quantitative estimate of drug-likeness (QED) is 0.0151. The molecule has 0 aliphatic rings. The first-order valence-corrected chi connectivity index (χ1v) is 29.0. The molecule has 0 fully saturated rings. The van der Waals surface area contributed by atoms with Crippen molar-refractivity contribution >= 4 is 41.7 Å². The predicted octanol–water partition coefficient (Wildman–Crippen LogP) is 8.63. The fourth-order valence-electron chi connectivity index (χ4n) is 9.19. The van der Waals surface area contributed by atoms with E-state index in [1.54, 1.807) is 77.2 Å². The molecule has 4 rings (SSSR count). The van der Waals surface area contributed by atoms with Gasteiger partial charge in [0.25, 0.3) is 0 Å². The topological polar surface area (TPSA) is 248 Å². The Morgan fingerprint density at radius 3 is 1.73 bits per heavy atom. The smallest absolute Gasteiger partial charge is 0.408 e. The van der Waals surface area contributed by atoms with Crippen molar-refractivity contribution in [3.8, 4) is 11.3 Å². The van der Waals surface area contributed by atoms with Crippen LogP contribution in [0.4, 0.5) is 9.59 Å². The molecule has 0 saturated carbocycles. The van der Waals surface area contributed by atoms with Crippen molar-refractivity contribution in [1.82, 2.24) is 31.4 Å². The number of hydrogen-bond donors (Lipinski definition) is 4. The molecule has 0 spiro atoms. The lowest BCUT2D eigenvalue weighted by atomic mass is 9.78. The van der Waals surface area contributed by atoms with Gasteiger partial charge in [-0.1, -0.05) is 146 Å². The zero-order valence-corrected chi connectivity index (χ0v) is 52.0. The summed E-state index contributed by atoms with van der Waals surface area (Å²) >= 11 is 0. The van der Waals surface area contributed by atoms with E-state index in [9.17, 15) is 24.0 Å². The molecule has 4 N–H and O–H groups in total. The molecular weight excluding hydrogens is 1090 g/mol. The fraction of sp³-hybridized carbons (Fsp3) is 0.538. The van der Waals surface area contributed by atoms with E-state index >= 15 is 9.59 Å². The summed E-state index contributed by atoms with van der Waals surface area (Å²) in [5.74, 6) is -5.34. The minimum absolute atomic E-state index is 0.0303. The van der Waals surface area contributed by atoms with Gasteiger partial charge in [0.2, 0.25) is 11.8 Å². The number of alkyl carbamates (subject to hydrolysis) is 2. The van der Waals surface area contributed by atoms with Gasteiger partial charge in [0.15, 0.2) is 5.78 Å². The Bertz CT molecular complexity index is 2690. The van der Waals surface area contributed by atoms with Crippen LogP contribution in [0.2, 0.25) is 0 Å². The number of aromatic nitrogens is 1. The third-order valence-corrected chi connectivity index (χ3v) is 13.7. The highest BCUT2D eigenvalue weighted by Gasteiger charge is 2.41. The summed E-state index contributed by atoms with van der Waals surface area (Å²) < 4.78 is 38.8. The Morgan fingerprint density at radius 2 is 1.19 bits per heavy atom. The largest absolute Gasteiger partial charge is 0.469 e. The molecule has 0 aliphatic carbocycles. The molecule has 4 amide bonds. The van der Waals surface area contributed by atoms with Crippen molar-refractivity contribution in [3.63, 3.8) is 0 Å². The van der Waals surface area contributed by atoms with Crippen LogP contribution in [0.3, 0.4) is 0 Å². The number of methoxy groups -OCH3 is 2. The molecule has 3 aromatic carbocycles. The molecule has 6 atom stereocenters. The van der Waals surface area contributed by atoms with Crippen LogP contribution in [0.5, 0.6) is 0 Å². The highest BCUT2D eigenvalue weighted by Crippen LogP contribution is 2.31. The molecule has 0 saturated heterocycles. The molecule has 4 aromatic rings. The standard InChI is InChI=1S/C65H92N6O14/c1-44(2)56(68-62(78)85-65(9,10)11)59(75)67-52(39-46-24-18-15-19-25-46)60(76)84-54(43-71(70-58(74)50(63(3,4)5)41-55(73)80-13)42-47-27-29-48(30-28-47)51-26-20-21-31-66-51)49(38-45-22-16-14-17-23-45)40-53(72)57(64(6,7)8)69-61(77)83-37-36-82-35-34-81-33-32-79-12/h14-31,44,49-50,52,54,56-57H,32-43H2,1-13H3,(H,67,75)(H,68,78)(H,69,77)(H,70,74)/t49-,50-,52+,54+,56+,57-/m1/s1. The highest BCUT2D eigenvalue weighted by atomic mass is 16.6. The number of nitrogens with one attached hydrogen (secondary N) is 4. The second-order valence-corrected chi connectivity index (χ2v) is 24.5. The number of carbonyl (C=O) groups is 7. The van der Waals surface area contributed by atoms with Gasteiger partial charge in [-0.15, -0.1) is 0 Å². The first kappa shape index (κ1) is 70.2. The van der Waals surface area contributed by atoms with Gasteiger partial charge in [0.05, 0.1) is 70.8 Å². The van der Waals surface area contributed by atoms with Gasteiger partial charge in [0.1, 0.15) is 30.4 Å². The Labute approximate surface area is 502 Å². The monoisotopic (exact) mass is 1180 g/mol. The predicted molar refractivity (Wildman–Crippen MR) is 322 cm³/mol. The van der Waals surface area contributed by atoms with E-state index < -0.39 is 100 Å². The van der Waals surface area contributed by atoms with E-state index in [1.165, 1.54) is 7.11 Å². The maximum absolute atomic E-state index is 15.4. The van der Waals surface area contributed by atoms with E-state index in [2.05, 4.69) is 26.4 Å². The zero-order chi connectivity index (χ0) is 62.7. The molecule has 20 heteroatoms. The van der Waals surface area contributed by atoms with Crippen LogP contribution in [0.25, 0.3) is 11.3 Å². The summed E-state index contributed by atoms with van der Waals surface area (Å²) in [6.07, 6.45) is -1.66. The number of carbonyl (C=O) groups excluding carboxylic acids is 7. The van der Waals surface area contributed by atoms with Crippen LogP contribution in [0.15, 0.2) is 109 Å². The van der Waals surface area contributed by atoms with Gasteiger partial charge in [-0.25, -0.2) is 19.4 Å². The van der Waals surface area contributed by atoms with Crippen molar-refractivity contribution in [1.29, 1.82) is 0 Å².